The Morgan fingerprint density at radius 2 is 0.955 bits per heavy atom. The molecule has 0 saturated heterocycles. The highest BCUT2D eigenvalue weighted by molar-refractivity contribution is 6.20. The number of benzene rings is 2. The minimum Gasteiger partial charge on any atom is -0.508 e. The Hall–Kier alpha value is -1.86. The molecule has 0 fully saturated rings. The van der Waals surface area contributed by atoms with Crippen molar-refractivity contribution in [2.75, 3.05) is 14.2 Å². The topological polar surface area (TPSA) is 99.4 Å². The van der Waals surface area contributed by atoms with Crippen LogP contribution in [0.4, 0.5) is 0 Å². The van der Waals surface area contributed by atoms with Gasteiger partial charge in [0.25, 0.3) is 0 Å². The second-order valence-corrected chi connectivity index (χ2v) is 13.8. The van der Waals surface area contributed by atoms with E-state index in [4.69, 9.17) is 32.7 Å². The van der Waals surface area contributed by atoms with Crippen LogP contribution in [0.5, 0.6) is 23.0 Å². The first kappa shape index (κ1) is 36.6. The van der Waals surface area contributed by atoms with Crippen LogP contribution in [0.25, 0.3) is 0 Å². The van der Waals surface area contributed by atoms with E-state index >= 15 is 0 Å². The van der Waals surface area contributed by atoms with Crippen molar-refractivity contribution in [2.24, 2.45) is 0 Å². The average Bonchev–Trinajstić information content (AvgIpc) is 2.98. The smallest absolute Gasteiger partial charge is 0.123 e. The first-order chi connectivity index (χ1) is 21.1. The van der Waals surface area contributed by atoms with E-state index in [9.17, 15) is 20.4 Å². The fourth-order valence-electron chi connectivity index (χ4n) is 6.87. The van der Waals surface area contributed by atoms with Crippen LogP contribution in [0, 0.1) is 0 Å². The zero-order valence-corrected chi connectivity index (χ0v) is 28.5. The van der Waals surface area contributed by atoms with Crippen LogP contribution in [0.3, 0.4) is 0 Å². The molecule has 4 bridgehead atoms. The van der Waals surface area contributed by atoms with Gasteiger partial charge in [-0.1, -0.05) is 52.4 Å². The summed E-state index contributed by atoms with van der Waals surface area (Å²) in [4.78, 5) is 0. The monoisotopic (exact) mass is 652 g/mol. The number of phenolic OH excluding ortho intramolecular Hbond substituents is 4. The van der Waals surface area contributed by atoms with Crippen molar-refractivity contribution in [1.29, 1.82) is 0 Å². The van der Waals surface area contributed by atoms with Crippen molar-refractivity contribution in [3.8, 4) is 23.0 Å². The molecule has 6 rings (SSSR count). The Kier molecular flexibility index (Phi) is 15.2. The van der Waals surface area contributed by atoms with Gasteiger partial charge in [-0.25, -0.2) is 0 Å². The molecule has 2 aromatic rings. The van der Waals surface area contributed by atoms with Gasteiger partial charge >= 0.3 is 0 Å². The molecule has 0 unspecified atom stereocenters. The molecule has 4 aliphatic rings. The van der Waals surface area contributed by atoms with Gasteiger partial charge < -0.3 is 29.9 Å². The van der Waals surface area contributed by atoms with Gasteiger partial charge in [0, 0.05) is 36.1 Å². The summed E-state index contributed by atoms with van der Waals surface area (Å²) in [5.74, 6) is 0.374. The summed E-state index contributed by atoms with van der Waals surface area (Å²) in [6.07, 6.45) is 10.6. The normalized spacial score (nSPS) is 25.9. The number of hydrogen-bond donors (Lipinski definition) is 4. The third-order valence-electron chi connectivity index (χ3n) is 9.34. The van der Waals surface area contributed by atoms with Crippen LogP contribution < -0.4 is 0 Å². The quantitative estimate of drug-likeness (QED) is 0.212. The number of alkyl halides is 2. The number of hydrogen-bond acceptors (Lipinski definition) is 6. The van der Waals surface area contributed by atoms with Gasteiger partial charge in [-0.15, -0.1) is 23.2 Å². The number of methoxy groups -OCH3 is 2. The summed E-state index contributed by atoms with van der Waals surface area (Å²) >= 11 is 13.7. The molecular weight excluding hydrogens is 599 g/mol. The molecular formula is C36H54Cl2O6. The number of rotatable bonds is 8. The zero-order chi connectivity index (χ0) is 32.2. The third-order valence-corrected chi connectivity index (χ3v) is 10.1. The molecule has 0 radical (unpaired) electrons. The van der Waals surface area contributed by atoms with Crippen LogP contribution in [0.2, 0.25) is 0 Å². The van der Waals surface area contributed by atoms with E-state index < -0.39 is 0 Å². The number of halogens is 2. The van der Waals surface area contributed by atoms with Gasteiger partial charge in [0.2, 0.25) is 0 Å². The Morgan fingerprint density at radius 1 is 0.614 bits per heavy atom. The van der Waals surface area contributed by atoms with E-state index in [0.29, 0.717) is 35.1 Å². The summed E-state index contributed by atoms with van der Waals surface area (Å²) in [6.45, 7) is 4.27. The first-order valence-corrected chi connectivity index (χ1v) is 17.5. The van der Waals surface area contributed by atoms with Crippen LogP contribution in [-0.2, 0) is 9.47 Å². The van der Waals surface area contributed by atoms with Gasteiger partial charge in [0.1, 0.15) is 23.0 Å². The third kappa shape index (κ3) is 10.1. The van der Waals surface area contributed by atoms with Crippen LogP contribution in [-0.4, -0.2) is 45.4 Å². The summed E-state index contributed by atoms with van der Waals surface area (Å²) in [5.41, 5.74) is 2.59. The van der Waals surface area contributed by atoms with Crippen molar-refractivity contribution in [3.05, 3.63) is 46.5 Å². The van der Waals surface area contributed by atoms with Crippen molar-refractivity contribution >= 4 is 23.2 Å². The molecule has 6 nitrogen and oxygen atoms in total. The van der Waals surface area contributed by atoms with Crippen molar-refractivity contribution in [3.63, 3.8) is 0 Å². The molecule has 0 heterocycles. The lowest BCUT2D eigenvalue weighted by Gasteiger charge is -2.25. The van der Waals surface area contributed by atoms with Crippen molar-refractivity contribution in [1.82, 2.24) is 0 Å². The predicted octanol–water partition coefficient (Wildman–Crippen LogP) is 10.5. The maximum atomic E-state index is 11.2. The lowest BCUT2D eigenvalue weighted by Crippen LogP contribution is -2.12. The lowest BCUT2D eigenvalue weighted by atomic mass is 9.85. The molecule has 0 amide bonds. The number of unbranched alkanes of at least 4 members (excludes halogenated alkanes) is 2. The van der Waals surface area contributed by atoms with Gasteiger partial charge in [-0.2, -0.15) is 0 Å². The van der Waals surface area contributed by atoms with Gasteiger partial charge in [0.15, 0.2) is 0 Å². The molecule has 4 aliphatic carbocycles. The molecule has 2 aromatic carbocycles. The molecule has 248 valence electrons. The molecule has 0 aromatic heterocycles. The minimum atomic E-state index is -0.377. The van der Waals surface area contributed by atoms with Crippen LogP contribution >= 0.6 is 23.2 Å². The Bertz CT molecular complexity index is 1020. The fourth-order valence-corrected chi connectivity index (χ4v) is 7.50. The van der Waals surface area contributed by atoms with E-state index in [1.165, 1.54) is 0 Å². The van der Waals surface area contributed by atoms with E-state index in [0.717, 1.165) is 77.0 Å². The van der Waals surface area contributed by atoms with Gasteiger partial charge in [-0.05, 0) is 98.6 Å². The number of ether oxygens (including phenoxy) is 2. The second-order valence-electron chi connectivity index (χ2n) is 12.6. The standard InChI is InChI=1S/C36H54Cl2O6/c1-5-7-11-23-13-9-15-27(37)21-34(44-4)26-19-31(41)36(32(42)20-26)24(12-8-6-2)14-10-16-28(38)22-33(43-3)25-17-29(39)35(23)30(40)18-25/h17-20,23-24,27-28,33-34,39-42H,5-16,21-22H2,1-4H3/t23-,24-,27+,28+,33+,34+/m0/s1. The molecule has 0 aliphatic heterocycles. The number of phenols is 4. The Morgan fingerprint density at radius 3 is 1.25 bits per heavy atom. The summed E-state index contributed by atoms with van der Waals surface area (Å²) in [6, 6.07) is 6.89. The summed E-state index contributed by atoms with van der Waals surface area (Å²) in [5, 5.41) is 44.3. The molecule has 44 heavy (non-hydrogen) atoms. The summed E-state index contributed by atoms with van der Waals surface area (Å²) < 4.78 is 11.6. The van der Waals surface area contributed by atoms with E-state index in [-0.39, 0.29) is 57.8 Å². The molecule has 0 spiro atoms. The Balaban J connectivity index is 1.97. The van der Waals surface area contributed by atoms with Crippen LogP contribution in [0.1, 0.15) is 150 Å². The highest BCUT2D eigenvalue weighted by Gasteiger charge is 2.27. The van der Waals surface area contributed by atoms with E-state index in [1.807, 2.05) is 0 Å². The van der Waals surface area contributed by atoms with Gasteiger partial charge in [0.05, 0.1) is 12.2 Å². The minimum absolute atomic E-state index is 0.00666. The largest absolute Gasteiger partial charge is 0.508 e. The lowest BCUT2D eigenvalue weighted by molar-refractivity contribution is 0.0932. The maximum absolute atomic E-state index is 11.2. The predicted molar refractivity (Wildman–Crippen MR) is 180 cm³/mol. The molecule has 8 heteroatoms. The van der Waals surface area contributed by atoms with Gasteiger partial charge in [-0.3, -0.25) is 0 Å². The van der Waals surface area contributed by atoms with Crippen molar-refractivity contribution in [2.45, 2.75) is 139 Å². The maximum Gasteiger partial charge on any atom is 0.123 e. The number of aromatic hydroxyl groups is 4. The van der Waals surface area contributed by atoms with Crippen molar-refractivity contribution < 1.29 is 29.9 Å². The van der Waals surface area contributed by atoms with Crippen LogP contribution in [0.15, 0.2) is 24.3 Å². The average molecular weight is 654 g/mol. The molecule has 6 atom stereocenters. The Labute approximate surface area is 274 Å². The molecule has 4 N–H and O–H groups in total. The SMILES string of the molecule is CCCC[C@H]1CCC[C@@H](Cl)C[C@@H](OC)c2cc(O)c(c(O)c2)[C@@H](CCCC)CCC[C@@H](Cl)C[C@@H](OC)c2cc(O)c1c(O)c2. The zero-order valence-electron chi connectivity index (χ0n) is 27.0. The second kappa shape index (κ2) is 18.3. The van der Waals surface area contributed by atoms with E-state index in [2.05, 4.69) is 13.8 Å². The van der Waals surface area contributed by atoms with E-state index in [1.54, 1.807) is 38.5 Å². The fraction of sp³-hybridized carbons (Fsp3) is 0.667. The summed E-state index contributed by atoms with van der Waals surface area (Å²) in [7, 11) is 3.24. The highest BCUT2D eigenvalue weighted by Crippen LogP contribution is 2.45. The first-order valence-electron chi connectivity index (χ1n) is 16.6. The highest BCUT2D eigenvalue weighted by atomic mass is 35.5. The molecule has 0 saturated carbocycles.